The van der Waals surface area contributed by atoms with Gasteiger partial charge in [0.15, 0.2) is 5.82 Å². The number of carbonyl (C=O) groups excluding carboxylic acids is 1. The SMILES string of the molecule is Cc1cc(Cl)cc(C=C2CCN(C(=O)Nc3noc(C)c3C)CC2C)c1. The number of rotatable bonds is 2. The van der Waals surface area contributed by atoms with Gasteiger partial charge in [0, 0.05) is 23.7 Å². The smallest absolute Gasteiger partial charge is 0.323 e. The van der Waals surface area contributed by atoms with E-state index in [-0.39, 0.29) is 11.9 Å². The average molecular weight is 374 g/mol. The van der Waals surface area contributed by atoms with Gasteiger partial charge in [0.2, 0.25) is 0 Å². The van der Waals surface area contributed by atoms with Crippen molar-refractivity contribution in [2.75, 3.05) is 18.4 Å². The Morgan fingerprint density at radius 1 is 1.35 bits per heavy atom. The molecule has 1 unspecified atom stereocenters. The number of nitrogens with zero attached hydrogens (tertiary/aromatic N) is 2. The third-order valence-corrected chi connectivity index (χ3v) is 5.10. The maximum absolute atomic E-state index is 12.5. The first-order valence-corrected chi connectivity index (χ1v) is 9.17. The molecule has 26 heavy (non-hydrogen) atoms. The number of amides is 2. The molecule has 1 N–H and O–H groups in total. The highest BCUT2D eigenvalue weighted by atomic mass is 35.5. The van der Waals surface area contributed by atoms with Crippen molar-refractivity contribution in [2.45, 2.75) is 34.1 Å². The third-order valence-electron chi connectivity index (χ3n) is 4.88. The molecule has 0 bridgehead atoms. The summed E-state index contributed by atoms with van der Waals surface area (Å²) in [7, 11) is 0. The zero-order valence-corrected chi connectivity index (χ0v) is 16.4. The average Bonchev–Trinajstić information content (AvgIpc) is 2.88. The van der Waals surface area contributed by atoms with Gasteiger partial charge in [-0.15, -0.1) is 0 Å². The van der Waals surface area contributed by atoms with Crippen LogP contribution < -0.4 is 5.32 Å². The minimum Gasteiger partial charge on any atom is -0.359 e. The highest BCUT2D eigenvalue weighted by molar-refractivity contribution is 6.30. The fraction of sp³-hybridized carbons (Fsp3) is 0.400. The largest absolute Gasteiger partial charge is 0.359 e. The van der Waals surface area contributed by atoms with Gasteiger partial charge >= 0.3 is 6.03 Å². The van der Waals surface area contributed by atoms with E-state index in [9.17, 15) is 4.79 Å². The number of urea groups is 1. The third kappa shape index (κ3) is 4.10. The Morgan fingerprint density at radius 2 is 2.12 bits per heavy atom. The number of hydrogen-bond acceptors (Lipinski definition) is 3. The van der Waals surface area contributed by atoms with Crippen LogP contribution in [0.15, 0.2) is 28.3 Å². The quantitative estimate of drug-likeness (QED) is 0.785. The summed E-state index contributed by atoms with van der Waals surface area (Å²) in [5.74, 6) is 1.50. The van der Waals surface area contributed by atoms with E-state index in [1.165, 1.54) is 5.57 Å². The Balaban J connectivity index is 1.67. The summed E-state index contributed by atoms with van der Waals surface area (Å²) in [4.78, 5) is 14.4. The van der Waals surface area contributed by atoms with E-state index in [0.29, 0.717) is 24.7 Å². The molecule has 0 radical (unpaired) electrons. The summed E-state index contributed by atoms with van der Waals surface area (Å²) in [5, 5.41) is 7.49. The molecule has 0 aliphatic carbocycles. The summed E-state index contributed by atoms with van der Waals surface area (Å²) in [6.45, 7) is 9.25. The van der Waals surface area contributed by atoms with Crippen LogP contribution in [0, 0.1) is 26.7 Å². The zero-order valence-electron chi connectivity index (χ0n) is 15.6. The molecule has 2 amide bonds. The predicted molar refractivity (Wildman–Crippen MR) is 105 cm³/mol. The molecule has 1 saturated heterocycles. The first-order valence-electron chi connectivity index (χ1n) is 8.80. The minimum atomic E-state index is -0.133. The molecule has 0 spiro atoms. The topological polar surface area (TPSA) is 58.4 Å². The molecule has 1 aliphatic heterocycles. The summed E-state index contributed by atoms with van der Waals surface area (Å²) in [6, 6.07) is 5.92. The van der Waals surface area contributed by atoms with Crippen molar-refractivity contribution in [3.05, 3.63) is 51.2 Å². The van der Waals surface area contributed by atoms with Gasteiger partial charge in [-0.05, 0) is 56.4 Å². The van der Waals surface area contributed by atoms with Crippen molar-refractivity contribution < 1.29 is 9.32 Å². The molecular formula is C20H24ClN3O2. The molecule has 1 atom stereocenters. The second kappa shape index (κ2) is 7.54. The molecule has 2 heterocycles. The number of halogens is 1. The van der Waals surface area contributed by atoms with Crippen molar-refractivity contribution >= 4 is 29.5 Å². The minimum absolute atomic E-state index is 0.133. The maximum Gasteiger partial charge on any atom is 0.323 e. The monoisotopic (exact) mass is 373 g/mol. The van der Waals surface area contributed by atoms with Gasteiger partial charge < -0.3 is 9.42 Å². The van der Waals surface area contributed by atoms with Crippen LogP contribution in [0.25, 0.3) is 6.08 Å². The highest BCUT2D eigenvalue weighted by Gasteiger charge is 2.25. The van der Waals surface area contributed by atoms with Crippen LogP contribution in [0.2, 0.25) is 5.02 Å². The molecule has 3 rings (SSSR count). The van der Waals surface area contributed by atoms with Crippen molar-refractivity contribution in [2.24, 2.45) is 5.92 Å². The maximum atomic E-state index is 12.5. The first-order chi connectivity index (χ1) is 12.3. The summed E-state index contributed by atoms with van der Waals surface area (Å²) < 4.78 is 5.10. The molecule has 0 saturated carbocycles. The zero-order chi connectivity index (χ0) is 18.8. The van der Waals surface area contributed by atoms with E-state index in [0.717, 1.165) is 28.1 Å². The fourth-order valence-corrected chi connectivity index (χ4v) is 3.52. The van der Waals surface area contributed by atoms with Gasteiger partial charge in [-0.25, -0.2) is 4.79 Å². The number of aryl methyl sites for hydroxylation is 2. The van der Waals surface area contributed by atoms with E-state index in [1.807, 2.05) is 37.8 Å². The predicted octanol–water partition coefficient (Wildman–Crippen LogP) is 5.21. The van der Waals surface area contributed by atoms with Gasteiger partial charge in [0.25, 0.3) is 0 Å². The van der Waals surface area contributed by atoms with E-state index >= 15 is 0 Å². The first kappa shape index (κ1) is 18.5. The Morgan fingerprint density at radius 3 is 2.73 bits per heavy atom. The molecule has 1 aromatic carbocycles. The van der Waals surface area contributed by atoms with Crippen LogP contribution in [0.3, 0.4) is 0 Å². The van der Waals surface area contributed by atoms with Crippen molar-refractivity contribution in [3.8, 4) is 0 Å². The number of likely N-dealkylation sites (tertiary alicyclic amines) is 1. The van der Waals surface area contributed by atoms with Gasteiger partial charge in [-0.1, -0.05) is 41.4 Å². The number of nitrogens with one attached hydrogen (secondary N) is 1. The molecular weight excluding hydrogens is 350 g/mol. The number of hydrogen-bond donors (Lipinski definition) is 1. The van der Waals surface area contributed by atoms with Crippen LogP contribution in [-0.4, -0.2) is 29.2 Å². The van der Waals surface area contributed by atoms with Crippen LogP contribution in [0.1, 0.15) is 35.8 Å². The number of carbonyl (C=O) groups is 1. The molecule has 1 fully saturated rings. The Kier molecular flexibility index (Phi) is 5.37. The lowest BCUT2D eigenvalue weighted by atomic mass is 9.91. The van der Waals surface area contributed by atoms with Crippen molar-refractivity contribution in [1.29, 1.82) is 0 Å². The van der Waals surface area contributed by atoms with E-state index in [4.69, 9.17) is 16.1 Å². The number of benzene rings is 1. The van der Waals surface area contributed by atoms with E-state index < -0.39 is 0 Å². The highest BCUT2D eigenvalue weighted by Crippen LogP contribution is 2.27. The van der Waals surface area contributed by atoms with Gasteiger partial charge in [0.1, 0.15) is 5.76 Å². The normalized spacial score (nSPS) is 19.0. The van der Waals surface area contributed by atoms with E-state index in [2.05, 4.69) is 29.5 Å². The standard InChI is InChI=1S/C20H24ClN3O2/c1-12-7-16(10-18(21)8-12)9-17-5-6-24(11-13(17)2)20(25)22-19-14(3)15(4)26-23-19/h7-10,13H,5-6,11H2,1-4H3,(H,22,23,25). The molecule has 1 aromatic heterocycles. The second-order valence-electron chi connectivity index (χ2n) is 7.02. The number of piperidine rings is 1. The molecule has 6 heteroatoms. The molecule has 5 nitrogen and oxygen atoms in total. The second-order valence-corrected chi connectivity index (χ2v) is 7.46. The lowest BCUT2D eigenvalue weighted by Gasteiger charge is -2.33. The van der Waals surface area contributed by atoms with Crippen LogP contribution >= 0.6 is 11.6 Å². The summed E-state index contributed by atoms with van der Waals surface area (Å²) in [6.07, 6.45) is 3.04. The van der Waals surface area contributed by atoms with Crippen LogP contribution in [0.5, 0.6) is 0 Å². The molecule has 1 aliphatic rings. The molecule has 2 aromatic rings. The number of anilines is 1. The van der Waals surface area contributed by atoms with E-state index in [1.54, 1.807) is 0 Å². The Hall–Kier alpha value is -2.27. The number of aromatic nitrogens is 1. The Labute approximate surface area is 159 Å². The lowest BCUT2D eigenvalue weighted by Crippen LogP contribution is -2.42. The van der Waals surface area contributed by atoms with Gasteiger partial charge in [-0.3, -0.25) is 5.32 Å². The summed E-state index contributed by atoms with van der Waals surface area (Å²) in [5.41, 5.74) is 4.46. The molecule has 138 valence electrons. The van der Waals surface area contributed by atoms with Crippen molar-refractivity contribution in [3.63, 3.8) is 0 Å². The van der Waals surface area contributed by atoms with Crippen molar-refractivity contribution in [1.82, 2.24) is 10.1 Å². The van der Waals surface area contributed by atoms with Gasteiger partial charge in [-0.2, -0.15) is 0 Å². The lowest BCUT2D eigenvalue weighted by molar-refractivity contribution is 0.197. The van der Waals surface area contributed by atoms with Gasteiger partial charge in [0.05, 0.1) is 0 Å². The van der Waals surface area contributed by atoms with Crippen LogP contribution in [-0.2, 0) is 0 Å². The van der Waals surface area contributed by atoms with Crippen LogP contribution in [0.4, 0.5) is 10.6 Å². The fourth-order valence-electron chi connectivity index (χ4n) is 3.23. The summed E-state index contributed by atoms with van der Waals surface area (Å²) >= 11 is 6.16. The Bertz CT molecular complexity index is 836.